The molecule has 0 saturated heterocycles. The van der Waals surface area contributed by atoms with Gasteiger partial charge in [-0.3, -0.25) is 19.9 Å². The van der Waals surface area contributed by atoms with Crippen molar-refractivity contribution in [1.82, 2.24) is 10.8 Å². The third-order valence-corrected chi connectivity index (χ3v) is 8.88. The minimum absolute atomic E-state index is 0.0188. The highest BCUT2D eigenvalue weighted by molar-refractivity contribution is 5.91. The summed E-state index contributed by atoms with van der Waals surface area (Å²) in [5, 5.41) is 13.3. The number of hydroxylamine groups is 1. The van der Waals surface area contributed by atoms with Crippen LogP contribution in [0.25, 0.3) is 0 Å². The molecule has 0 aliphatic heterocycles. The second-order valence-corrected chi connectivity index (χ2v) is 10.1. The van der Waals surface area contributed by atoms with Crippen LogP contribution in [-0.4, -0.2) is 43.5 Å². The molecule has 4 aliphatic rings. The highest BCUT2D eigenvalue weighted by Gasteiger charge is 2.64. The fraction of sp³-hybridized carbons (Fsp3) is 0.826. The third kappa shape index (κ3) is 3.19. The predicted octanol–water partition coefficient (Wildman–Crippen LogP) is 2.23. The largest absolute Gasteiger partial charge is 0.396 e. The zero-order valence-electron chi connectivity index (χ0n) is 18.0. The molecule has 0 amide bonds. The first-order chi connectivity index (χ1) is 13.9. The summed E-state index contributed by atoms with van der Waals surface area (Å²) < 4.78 is 0. The second-order valence-electron chi connectivity index (χ2n) is 10.1. The third-order valence-electron chi connectivity index (χ3n) is 8.88. The van der Waals surface area contributed by atoms with Crippen LogP contribution in [0.1, 0.15) is 52.4 Å². The number of rotatable bonds is 6. The molecule has 4 aliphatic carbocycles. The number of allylic oxidation sites excluding steroid dienone is 2. The molecular weight excluding hydrogens is 368 g/mol. The SMILES string of the molecule is CNCCONC1=CC2C(CO)C(=O)[C@@H]3[C@@H](CC[C@]4(C)C(=O)CC[C@@H]34)[C@@]2(C)CC1. The quantitative estimate of drug-likeness (QED) is 0.465. The summed E-state index contributed by atoms with van der Waals surface area (Å²) in [4.78, 5) is 31.8. The fourth-order valence-electron chi connectivity index (χ4n) is 7.13. The average Bonchev–Trinajstić information content (AvgIpc) is 3.01. The van der Waals surface area contributed by atoms with Crippen LogP contribution in [-0.2, 0) is 14.4 Å². The van der Waals surface area contributed by atoms with E-state index in [0.717, 1.165) is 44.3 Å². The van der Waals surface area contributed by atoms with Crippen molar-refractivity contribution in [3.05, 3.63) is 11.8 Å². The van der Waals surface area contributed by atoms with Crippen LogP contribution < -0.4 is 10.8 Å². The number of aliphatic hydroxyl groups excluding tert-OH is 1. The summed E-state index contributed by atoms with van der Waals surface area (Å²) in [6.07, 6.45) is 7.32. The van der Waals surface area contributed by atoms with Gasteiger partial charge < -0.3 is 10.4 Å². The van der Waals surface area contributed by atoms with E-state index in [1.54, 1.807) is 0 Å². The van der Waals surface area contributed by atoms with Crippen LogP contribution in [0.5, 0.6) is 0 Å². The van der Waals surface area contributed by atoms with E-state index >= 15 is 0 Å². The number of hydrogen-bond donors (Lipinski definition) is 3. The van der Waals surface area contributed by atoms with Crippen molar-refractivity contribution in [2.75, 3.05) is 26.8 Å². The predicted molar refractivity (Wildman–Crippen MR) is 110 cm³/mol. The maximum absolute atomic E-state index is 13.6. The molecule has 6 nitrogen and oxygen atoms in total. The molecule has 0 aromatic rings. The smallest absolute Gasteiger partial charge is 0.142 e. The summed E-state index contributed by atoms with van der Waals surface area (Å²) in [6.45, 7) is 5.62. The van der Waals surface area contributed by atoms with Gasteiger partial charge in [-0.15, -0.1) is 0 Å². The first kappa shape index (κ1) is 21.0. The monoisotopic (exact) mass is 404 g/mol. The normalized spacial score (nSPS) is 44.0. The first-order valence-electron chi connectivity index (χ1n) is 11.3. The first-order valence-corrected chi connectivity index (χ1v) is 11.3. The van der Waals surface area contributed by atoms with Gasteiger partial charge in [-0.05, 0) is 62.3 Å². The molecule has 0 radical (unpaired) electrons. The van der Waals surface area contributed by atoms with Crippen molar-refractivity contribution in [2.45, 2.75) is 52.4 Å². The lowest BCUT2D eigenvalue weighted by molar-refractivity contribution is -0.162. The number of nitrogens with one attached hydrogen (secondary N) is 2. The number of carbonyl (C=O) groups excluding carboxylic acids is 2. The Labute approximate surface area is 173 Å². The summed E-state index contributed by atoms with van der Waals surface area (Å²) in [5.74, 6) is 0.555. The lowest BCUT2D eigenvalue weighted by atomic mass is 9.43. The van der Waals surface area contributed by atoms with Crippen molar-refractivity contribution < 1.29 is 19.5 Å². The van der Waals surface area contributed by atoms with E-state index in [1.807, 2.05) is 7.05 Å². The maximum atomic E-state index is 13.6. The molecule has 0 heterocycles. The molecule has 6 heteroatoms. The molecule has 0 aromatic carbocycles. The zero-order chi connectivity index (χ0) is 20.8. The van der Waals surface area contributed by atoms with Gasteiger partial charge in [0, 0.05) is 35.9 Å². The molecule has 0 aromatic heterocycles. The van der Waals surface area contributed by atoms with Crippen LogP contribution in [0.15, 0.2) is 11.8 Å². The van der Waals surface area contributed by atoms with E-state index in [9.17, 15) is 14.7 Å². The topological polar surface area (TPSA) is 87.7 Å². The number of fused-ring (bicyclic) bond motifs is 5. The Hall–Kier alpha value is -1.24. The van der Waals surface area contributed by atoms with Gasteiger partial charge in [0.1, 0.15) is 11.6 Å². The van der Waals surface area contributed by atoms with E-state index in [1.165, 1.54) is 0 Å². The van der Waals surface area contributed by atoms with Gasteiger partial charge in [0.15, 0.2) is 0 Å². The number of ketones is 2. The van der Waals surface area contributed by atoms with Crippen LogP contribution in [0.4, 0.5) is 0 Å². The van der Waals surface area contributed by atoms with Crippen molar-refractivity contribution in [2.24, 2.45) is 40.4 Å². The number of likely N-dealkylation sites (N-methyl/N-ethyl adjacent to an activating group) is 1. The highest BCUT2D eigenvalue weighted by atomic mass is 16.6. The van der Waals surface area contributed by atoms with Gasteiger partial charge in [0.05, 0.1) is 13.2 Å². The Morgan fingerprint density at radius 2 is 1.97 bits per heavy atom. The zero-order valence-corrected chi connectivity index (χ0v) is 18.0. The molecule has 7 atom stereocenters. The summed E-state index contributed by atoms with van der Waals surface area (Å²) in [7, 11) is 1.89. The number of aliphatic hydroxyl groups is 1. The molecule has 2 unspecified atom stereocenters. The molecule has 3 N–H and O–H groups in total. The molecule has 3 saturated carbocycles. The number of Topliss-reactive ketones (excluding diaryl/α,β-unsaturated/α-hetero) is 2. The van der Waals surface area contributed by atoms with Crippen molar-refractivity contribution in [3.8, 4) is 0 Å². The highest BCUT2D eigenvalue weighted by Crippen LogP contribution is 2.65. The van der Waals surface area contributed by atoms with E-state index in [2.05, 4.69) is 30.7 Å². The van der Waals surface area contributed by atoms with E-state index in [0.29, 0.717) is 24.7 Å². The Bertz CT molecular complexity index is 707. The van der Waals surface area contributed by atoms with Gasteiger partial charge >= 0.3 is 0 Å². The van der Waals surface area contributed by atoms with Crippen molar-refractivity contribution in [3.63, 3.8) is 0 Å². The molecule has 3 fully saturated rings. The lowest BCUT2D eigenvalue weighted by Gasteiger charge is -2.59. The van der Waals surface area contributed by atoms with Crippen molar-refractivity contribution in [1.29, 1.82) is 0 Å². The number of carbonyl (C=O) groups is 2. The van der Waals surface area contributed by atoms with Crippen molar-refractivity contribution >= 4 is 11.6 Å². The van der Waals surface area contributed by atoms with Crippen LogP contribution in [0, 0.1) is 40.4 Å². The Balaban J connectivity index is 1.62. The van der Waals surface area contributed by atoms with Gasteiger partial charge in [0.25, 0.3) is 0 Å². The second kappa shape index (κ2) is 7.78. The Morgan fingerprint density at radius 1 is 1.17 bits per heavy atom. The maximum Gasteiger partial charge on any atom is 0.142 e. The summed E-state index contributed by atoms with van der Waals surface area (Å²) >= 11 is 0. The molecule has 29 heavy (non-hydrogen) atoms. The molecule has 4 rings (SSSR count). The average molecular weight is 405 g/mol. The number of hydrogen-bond acceptors (Lipinski definition) is 6. The van der Waals surface area contributed by atoms with Gasteiger partial charge in [-0.2, -0.15) is 0 Å². The van der Waals surface area contributed by atoms with E-state index < -0.39 is 0 Å². The van der Waals surface area contributed by atoms with E-state index in [4.69, 9.17) is 4.84 Å². The molecule has 0 spiro atoms. The minimum Gasteiger partial charge on any atom is -0.396 e. The van der Waals surface area contributed by atoms with Crippen LogP contribution in [0.2, 0.25) is 0 Å². The minimum atomic E-state index is -0.381. The van der Waals surface area contributed by atoms with E-state index in [-0.39, 0.29) is 46.9 Å². The van der Waals surface area contributed by atoms with Gasteiger partial charge in [0.2, 0.25) is 0 Å². The standard InChI is InChI=1S/C23H36N2O4/c1-22-8-6-14(25-29-11-10-24-3)12-18(22)15(13-26)21(28)20-16-4-5-19(27)23(16,2)9-7-17(20)22/h12,15-18,20,24-26H,4-11,13H2,1-3H3/t15?,16-,17+,18?,20-,22+,23-/m0/s1. The summed E-state index contributed by atoms with van der Waals surface area (Å²) in [6, 6.07) is 0. The lowest BCUT2D eigenvalue weighted by Crippen LogP contribution is -2.60. The van der Waals surface area contributed by atoms with Crippen LogP contribution >= 0.6 is 0 Å². The fourth-order valence-corrected chi connectivity index (χ4v) is 7.13. The van der Waals surface area contributed by atoms with Gasteiger partial charge in [-0.25, -0.2) is 0 Å². The Morgan fingerprint density at radius 3 is 2.69 bits per heavy atom. The molecule has 0 bridgehead atoms. The molecule has 162 valence electrons. The Kier molecular flexibility index (Phi) is 5.64. The van der Waals surface area contributed by atoms with Crippen LogP contribution in [0.3, 0.4) is 0 Å². The molecular formula is C23H36N2O4. The summed E-state index contributed by atoms with van der Waals surface area (Å²) in [5.41, 5.74) is 3.74. The van der Waals surface area contributed by atoms with Gasteiger partial charge in [-0.1, -0.05) is 19.9 Å².